The Morgan fingerprint density at radius 2 is 0.946 bits per heavy atom. The van der Waals surface area contributed by atoms with E-state index in [0.29, 0.717) is 17.5 Å². The van der Waals surface area contributed by atoms with Gasteiger partial charge < -0.3 is 4.42 Å². The van der Waals surface area contributed by atoms with Gasteiger partial charge in [-0.05, 0) is 80.2 Å². The van der Waals surface area contributed by atoms with E-state index in [1.165, 1.54) is 27.8 Å². The van der Waals surface area contributed by atoms with E-state index in [1.54, 1.807) is 0 Å². The number of rotatable bonds is 5. The first-order chi connectivity index (χ1) is 27.5. The Balaban J connectivity index is 1.10. The lowest BCUT2D eigenvalue weighted by Gasteiger charge is -2.22. The van der Waals surface area contributed by atoms with Crippen LogP contribution in [0.3, 0.4) is 0 Å². The Hall–Kier alpha value is -7.17. The minimum Gasteiger partial charge on any atom is -0.455 e. The van der Waals surface area contributed by atoms with Crippen molar-refractivity contribution in [1.82, 2.24) is 15.0 Å². The van der Waals surface area contributed by atoms with Crippen molar-refractivity contribution < 1.29 is 4.42 Å². The van der Waals surface area contributed by atoms with Crippen molar-refractivity contribution in [3.8, 4) is 67.5 Å². The lowest BCUT2D eigenvalue weighted by molar-refractivity contribution is 0.660. The van der Waals surface area contributed by atoms with E-state index in [4.69, 9.17) is 19.4 Å². The Bertz CT molecular complexity index is 3160. The lowest BCUT2D eigenvalue weighted by Crippen LogP contribution is -2.14. The Morgan fingerprint density at radius 1 is 0.357 bits per heavy atom. The molecule has 0 saturated heterocycles. The van der Waals surface area contributed by atoms with Gasteiger partial charge in [-0.15, -0.1) is 0 Å². The Morgan fingerprint density at radius 3 is 1.77 bits per heavy atom. The van der Waals surface area contributed by atoms with E-state index < -0.39 is 0 Å². The molecule has 4 nitrogen and oxygen atoms in total. The third-order valence-corrected chi connectivity index (χ3v) is 11.5. The van der Waals surface area contributed by atoms with E-state index in [9.17, 15) is 0 Å². The van der Waals surface area contributed by atoms with Crippen LogP contribution in [0, 0.1) is 0 Å². The fourth-order valence-electron chi connectivity index (χ4n) is 8.66. The third kappa shape index (κ3) is 5.10. The average molecular weight is 718 g/mol. The highest BCUT2D eigenvalue weighted by Crippen LogP contribution is 2.50. The van der Waals surface area contributed by atoms with Crippen molar-refractivity contribution in [3.05, 3.63) is 187 Å². The molecule has 0 spiro atoms. The predicted octanol–water partition coefficient (Wildman–Crippen LogP) is 13.6. The monoisotopic (exact) mass is 717 g/mol. The summed E-state index contributed by atoms with van der Waals surface area (Å²) in [7, 11) is 0. The highest BCUT2D eigenvalue weighted by atomic mass is 16.3. The minimum atomic E-state index is -0.0763. The first kappa shape index (κ1) is 32.3. The summed E-state index contributed by atoms with van der Waals surface area (Å²) >= 11 is 0. The van der Waals surface area contributed by atoms with Gasteiger partial charge in [0.2, 0.25) is 0 Å². The molecule has 0 radical (unpaired) electrons. The van der Waals surface area contributed by atoms with Crippen LogP contribution >= 0.6 is 0 Å². The first-order valence-corrected chi connectivity index (χ1v) is 19.1. The number of furan rings is 1. The van der Waals surface area contributed by atoms with Gasteiger partial charge in [0.15, 0.2) is 17.5 Å². The molecule has 0 atom stereocenters. The van der Waals surface area contributed by atoms with Crippen LogP contribution < -0.4 is 0 Å². The predicted molar refractivity (Wildman–Crippen MR) is 229 cm³/mol. The van der Waals surface area contributed by atoms with E-state index >= 15 is 0 Å². The summed E-state index contributed by atoms with van der Waals surface area (Å²) < 4.78 is 6.68. The number of fused-ring (bicyclic) bond motifs is 8. The third-order valence-electron chi connectivity index (χ3n) is 11.5. The van der Waals surface area contributed by atoms with Gasteiger partial charge in [0.25, 0.3) is 0 Å². The molecule has 10 aromatic rings. The molecule has 0 aliphatic heterocycles. The molecule has 0 saturated carbocycles. The summed E-state index contributed by atoms with van der Waals surface area (Å²) in [5.41, 5.74) is 14.4. The van der Waals surface area contributed by atoms with E-state index in [2.05, 4.69) is 166 Å². The zero-order valence-electron chi connectivity index (χ0n) is 31.0. The van der Waals surface area contributed by atoms with Crippen LogP contribution in [0.25, 0.3) is 100 Å². The minimum absolute atomic E-state index is 0.0763. The van der Waals surface area contributed by atoms with Crippen molar-refractivity contribution in [2.45, 2.75) is 19.3 Å². The summed E-state index contributed by atoms with van der Waals surface area (Å²) in [6.45, 7) is 4.66. The maximum Gasteiger partial charge on any atom is 0.164 e. The number of nitrogens with zero attached hydrogens (tertiary/aromatic N) is 3. The number of aromatic nitrogens is 3. The largest absolute Gasteiger partial charge is 0.455 e. The number of hydrogen-bond donors (Lipinski definition) is 0. The summed E-state index contributed by atoms with van der Waals surface area (Å²) in [5, 5.41) is 4.12. The topological polar surface area (TPSA) is 51.8 Å². The molecule has 0 N–H and O–H groups in total. The zero-order valence-corrected chi connectivity index (χ0v) is 31.0. The van der Waals surface area contributed by atoms with Gasteiger partial charge in [0.1, 0.15) is 11.2 Å². The molecule has 4 heteroatoms. The molecule has 1 aliphatic carbocycles. The van der Waals surface area contributed by atoms with Gasteiger partial charge >= 0.3 is 0 Å². The number of hydrogen-bond acceptors (Lipinski definition) is 4. The van der Waals surface area contributed by atoms with Gasteiger partial charge in [-0.1, -0.05) is 159 Å². The maximum atomic E-state index is 6.68. The molecule has 0 amide bonds. The van der Waals surface area contributed by atoms with Crippen LogP contribution in [0.2, 0.25) is 0 Å². The summed E-state index contributed by atoms with van der Waals surface area (Å²) in [4.78, 5) is 15.5. The quantitative estimate of drug-likeness (QED) is 0.178. The molecule has 2 aromatic heterocycles. The standard InChI is InChI=1S/C52H35N3O/c1-52(2)45-23-12-11-21-39(45)40-26-24-36(30-46(40)52)35-25-27-47-42(29-35)43-31-44(38-20-9-10-22-41(38)48(43)56-47)51-54-49(33-16-7-4-8-17-33)53-50(55-51)37-19-13-18-34(28-37)32-14-5-3-6-15-32/h3-31H,1-2H3. The van der Waals surface area contributed by atoms with Crippen molar-refractivity contribution >= 4 is 32.7 Å². The molecule has 2 heterocycles. The molecule has 8 aromatic carbocycles. The number of benzene rings is 8. The second-order valence-corrected chi connectivity index (χ2v) is 15.2. The van der Waals surface area contributed by atoms with Crippen LogP contribution in [0.15, 0.2) is 180 Å². The van der Waals surface area contributed by atoms with Crippen LogP contribution in [-0.2, 0) is 5.41 Å². The van der Waals surface area contributed by atoms with Crippen LogP contribution in [0.4, 0.5) is 0 Å². The summed E-state index contributed by atoms with van der Waals surface area (Å²) in [6.07, 6.45) is 0. The average Bonchev–Trinajstić information content (AvgIpc) is 3.75. The maximum absolute atomic E-state index is 6.68. The van der Waals surface area contributed by atoms with Crippen LogP contribution in [0.1, 0.15) is 25.0 Å². The second kappa shape index (κ2) is 12.4. The molecule has 0 fully saturated rings. The zero-order chi connectivity index (χ0) is 37.4. The SMILES string of the molecule is CC1(C)c2ccccc2-c2ccc(-c3ccc4oc5c6ccccc6c(-c6nc(-c7ccccc7)nc(-c7cccc(-c8ccccc8)c7)n6)cc5c4c3)cc21. The van der Waals surface area contributed by atoms with Gasteiger partial charge in [0, 0.05) is 38.3 Å². The smallest absolute Gasteiger partial charge is 0.164 e. The van der Waals surface area contributed by atoms with Crippen molar-refractivity contribution in [1.29, 1.82) is 0 Å². The summed E-state index contributed by atoms with van der Waals surface area (Å²) in [6, 6.07) is 61.9. The van der Waals surface area contributed by atoms with E-state index in [1.807, 2.05) is 24.3 Å². The molecule has 0 bridgehead atoms. The van der Waals surface area contributed by atoms with Gasteiger partial charge in [-0.3, -0.25) is 0 Å². The first-order valence-electron chi connectivity index (χ1n) is 19.1. The Kier molecular flexibility index (Phi) is 7.17. The fourth-order valence-corrected chi connectivity index (χ4v) is 8.66. The van der Waals surface area contributed by atoms with Crippen molar-refractivity contribution in [2.75, 3.05) is 0 Å². The normalized spacial score (nSPS) is 13.0. The molecule has 11 rings (SSSR count). The van der Waals surface area contributed by atoms with Crippen LogP contribution in [-0.4, -0.2) is 15.0 Å². The molecule has 1 aliphatic rings. The van der Waals surface area contributed by atoms with E-state index in [0.717, 1.165) is 66.1 Å². The highest BCUT2D eigenvalue weighted by molar-refractivity contribution is 6.19. The summed E-state index contributed by atoms with van der Waals surface area (Å²) in [5.74, 6) is 1.86. The molecule has 264 valence electrons. The lowest BCUT2D eigenvalue weighted by atomic mass is 9.81. The molecular weight excluding hydrogens is 683 g/mol. The molecular formula is C52H35N3O. The van der Waals surface area contributed by atoms with Gasteiger partial charge in [-0.2, -0.15) is 0 Å². The van der Waals surface area contributed by atoms with Crippen LogP contribution in [0.5, 0.6) is 0 Å². The fraction of sp³-hybridized carbons (Fsp3) is 0.0577. The van der Waals surface area contributed by atoms with Gasteiger partial charge in [0.05, 0.1) is 0 Å². The van der Waals surface area contributed by atoms with Gasteiger partial charge in [-0.25, -0.2) is 15.0 Å². The molecule has 56 heavy (non-hydrogen) atoms. The van der Waals surface area contributed by atoms with Crippen molar-refractivity contribution in [3.63, 3.8) is 0 Å². The molecule has 0 unspecified atom stereocenters. The Labute approximate surface area is 324 Å². The highest BCUT2D eigenvalue weighted by Gasteiger charge is 2.35. The second-order valence-electron chi connectivity index (χ2n) is 15.2. The van der Waals surface area contributed by atoms with E-state index in [-0.39, 0.29) is 5.41 Å². The van der Waals surface area contributed by atoms with Crippen molar-refractivity contribution in [2.24, 2.45) is 0 Å².